The Morgan fingerprint density at radius 1 is 0.653 bits per heavy atom. The molecule has 6 fully saturated rings. The van der Waals surface area contributed by atoms with Gasteiger partial charge in [0.05, 0.1) is 70.0 Å². The van der Waals surface area contributed by atoms with Gasteiger partial charge >= 0.3 is 11.9 Å². The van der Waals surface area contributed by atoms with E-state index >= 15 is 13.6 Å². The zero-order valence-electron chi connectivity index (χ0n) is 42.5. The van der Waals surface area contributed by atoms with E-state index in [1.54, 1.807) is 45.6 Å². The molecule has 3 heterocycles. The van der Waals surface area contributed by atoms with Gasteiger partial charge in [0.1, 0.15) is 37.3 Å². The summed E-state index contributed by atoms with van der Waals surface area (Å²) in [5, 5.41) is -0.407. The second kappa shape index (κ2) is 24.1. The zero-order chi connectivity index (χ0) is 52.1. The fraction of sp³-hybridized carbons (Fsp3) is 0.552. The van der Waals surface area contributed by atoms with Gasteiger partial charge in [0.2, 0.25) is 5.06 Å². The van der Waals surface area contributed by atoms with Gasteiger partial charge in [-0.05, 0) is 71.6 Å². The minimum Gasteiger partial charge on any atom is -0.465 e. The Bertz CT molecular complexity index is 2460. The third-order valence-corrected chi connectivity index (χ3v) is 17.2. The maximum atomic E-state index is 18.5. The molecule has 8 unspecified atom stereocenters. The van der Waals surface area contributed by atoms with Crippen LogP contribution in [0.15, 0.2) is 121 Å². The molecular formula is C58H68ClF2NO13. The quantitative estimate of drug-likeness (QED) is 0.0673. The predicted octanol–water partition coefficient (Wildman–Crippen LogP) is 8.06. The maximum Gasteiger partial charge on any atom is 0.369 e. The third-order valence-electron chi connectivity index (χ3n) is 16.7. The average Bonchev–Trinajstić information content (AvgIpc) is 4.08. The van der Waals surface area contributed by atoms with Gasteiger partial charge in [0, 0.05) is 33.3 Å². The average molecular weight is 1060 g/mol. The van der Waals surface area contributed by atoms with Crippen molar-refractivity contribution in [3.63, 3.8) is 0 Å². The van der Waals surface area contributed by atoms with Crippen molar-refractivity contribution in [3.05, 3.63) is 144 Å². The molecule has 3 saturated carbocycles. The molecule has 0 aromatic heterocycles. The van der Waals surface area contributed by atoms with E-state index in [0.717, 1.165) is 16.7 Å². The van der Waals surface area contributed by atoms with E-state index in [9.17, 15) is 4.79 Å². The zero-order valence-corrected chi connectivity index (χ0v) is 43.3. The summed E-state index contributed by atoms with van der Waals surface area (Å²) in [5.41, 5.74) is 3.04. The van der Waals surface area contributed by atoms with Crippen LogP contribution in [0.1, 0.15) is 47.9 Å². The molecule has 17 heteroatoms. The van der Waals surface area contributed by atoms with Crippen molar-refractivity contribution in [2.24, 2.45) is 35.5 Å². The smallest absolute Gasteiger partial charge is 0.369 e. The van der Waals surface area contributed by atoms with Crippen LogP contribution in [0.25, 0.3) is 0 Å². The van der Waals surface area contributed by atoms with Crippen molar-refractivity contribution in [1.82, 2.24) is 5.32 Å². The van der Waals surface area contributed by atoms with Gasteiger partial charge < -0.3 is 57.4 Å². The number of esters is 1. The number of amides is 1. The molecule has 14 nitrogen and oxygen atoms in total. The lowest BCUT2D eigenvalue weighted by atomic mass is 9.51. The number of benzene rings is 4. The van der Waals surface area contributed by atoms with Crippen LogP contribution in [0.2, 0.25) is 0 Å². The lowest BCUT2D eigenvalue weighted by Crippen LogP contribution is -2.73. The van der Waals surface area contributed by atoms with E-state index in [1.165, 1.54) is 0 Å². The molecule has 15 atom stereocenters. The minimum atomic E-state index is -4.54. The second-order valence-corrected chi connectivity index (χ2v) is 21.4. The van der Waals surface area contributed by atoms with Gasteiger partial charge in [0.25, 0.3) is 5.91 Å². The first kappa shape index (κ1) is 53.9. The van der Waals surface area contributed by atoms with Gasteiger partial charge in [-0.3, -0.25) is 9.59 Å². The lowest BCUT2D eigenvalue weighted by molar-refractivity contribution is -0.320. The highest BCUT2D eigenvalue weighted by molar-refractivity contribution is 6.26. The Balaban J connectivity index is 1.01. The van der Waals surface area contributed by atoms with Gasteiger partial charge in [-0.25, -0.2) is 0 Å². The number of alkyl halides is 3. The van der Waals surface area contributed by atoms with Crippen molar-refractivity contribution in [3.8, 4) is 0 Å². The molecule has 6 aliphatic rings. The molecule has 0 bridgehead atoms. The fourth-order valence-electron chi connectivity index (χ4n) is 13.1. The van der Waals surface area contributed by atoms with E-state index in [2.05, 4.69) is 5.32 Å². The molecule has 4 aromatic rings. The standard InChI is InChI=1S/C58H68ClF2NO13/c1-65-45-24-39(25-46(66-2)51(45)67-3)48-40-26-43-44(74-34-73-43)27-41(40)50(42-32-72-55(63)49(42)48)62-56(64)58(60,61)57(59)54(71-31-38-22-14-7-15-23-38)53(70-30-37-20-12-6-13-21-37)52(69-29-36-18-10-5-11-19-36)47(75-57)33-68-28-35-16-8-4-9-17-35/h4-23,39-54H,24-34H2,1-3H3,(H,62,64)/t39?,40?,41?,42?,43?,44?,45?,46?,47-,48-,49+,50-,51?,52-,53+,54-,57?/m1/s1. The Hall–Kier alpha value is -4.43. The van der Waals surface area contributed by atoms with E-state index in [1.807, 2.05) is 97.1 Å². The number of rotatable bonds is 20. The summed E-state index contributed by atoms with van der Waals surface area (Å²) >= 11 is 7.51. The molecule has 10 rings (SSSR count). The van der Waals surface area contributed by atoms with Crippen LogP contribution in [0.5, 0.6) is 0 Å². The van der Waals surface area contributed by atoms with E-state index < -0.39 is 71.1 Å². The number of hydrogen-bond donors (Lipinski definition) is 1. The highest BCUT2D eigenvalue weighted by Crippen LogP contribution is 2.58. The Kier molecular flexibility index (Phi) is 17.3. The second-order valence-electron chi connectivity index (χ2n) is 20.8. The number of hydrogen-bond acceptors (Lipinski definition) is 13. The number of ether oxygens (including phenoxy) is 11. The SMILES string of the molecule is COC1CC([C@@H]2C3CC4OCOC4CC3[C@@H](NC(=O)C(F)(F)C3(Cl)O[C@H](COCc4ccccc4)[C@@H](OCc4ccccc4)[C@H](OCc4ccccc4)[C@H]3OCc3ccccc3)C3COC(=O)[C@@H]32)CC(OC)C1OC. The normalized spacial score (nSPS) is 35.5. The van der Waals surface area contributed by atoms with Crippen LogP contribution in [-0.4, -0.2) is 125 Å². The largest absolute Gasteiger partial charge is 0.465 e. The van der Waals surface area contributed by atoms with Crippen LogP contribution < -0.4 is 5.32 Å². The topological polar surface area (TPSA) is 148 Å². The molecule has 404 valence electrons. The summed E-state index contributed by atoms with van der Waals surface area (Å²) in [7, 11) is 4.90. The van der Waals surface area contributed by atoms with Crippen LogP contribution in [-0.2, 0) is 88.1 Å². The number of halogens is 3. The number of cyclic esters (lactones) is 1. The molecule has 3 aliphatic heterocycles. The van der Waals surface area contributed by atoms with Crippen molar-refractivity contribution < 1.29 is 70.5 Å². The Morgan fingerprint density at radius 2 is 1.16 bits per heavy atom. The van der Waals surface area contributed by atoms with E-state index in [0.29, 0.717) is 31.2 Å². The summed E-state index contributed by atoms with van der Waals surface area (Å²) in [5.74, 6) is -9.21. The lowest BCUT2D eigenvalue weighted by Gasteiger charge is -2.56. The Morgan fingerprint density at radius 3 is 1.69 bits per heavy atom. The van der Waals surface area contributed by atoms with Gasteiger partial charge in [-0.1, -0.05) is 133 Å². The summed E-state index contributed by atoms with van der Waals surface area (Å²) in [4.78, 5) is 29.4. The highest BCUT2D eigenvalue weighted by Gasteiger charge is 2.72. The first-order chi connectivity index (χ1) is 36.5. The number of nitrogens with one attached hydrogen (secondary N) is 1. The first-order valence-corrected chi connectivity index (χ1v) is 26.5. The molecule has 1 amide bonds. The molecule has 3 saturated heterocycles. The highest BCUT2D eigenvalue weighted by atomic mass is 35.5. The summed E-state index contributed by atoms with van der Waals surface area (Å²) in [6, 6.07) is 36.2. The number of carbonyl (C=O) groups is 2. The van der Waals surface area contributed by atoms with Gasteiger partial charge in [0.15, 0.2) is 0 Å². The van der Waals surface area contributed by atoms with Crippen molar-refractivity contribution in [1.29, 1.82) is 0 Å². The van der Waals surface area contributed by atoms with Crippen molar-refractivity contribution in [2.75, 3.05) is 41.3 Å². The van der Waals surface area contributed by atoms with E-state index in [-0.39, 0.29) is 94.7 Å². The third kappa shape index (κ3) is 11.3. The van der Waals surface area contributed by atoms with Crippen molar-refractivity contribution in [2.45, 2.75) is 124 Å². The maximum absolute atomic E-state index is 18.5. The molecular weight excluding hydrogens is 992 g/mol. The molecule has 1 N–H and O–H groups in total. The number of methoxy groups -OCH3 is 3. The van der Waals surface area contributed by atoms with Crippen LogP contribution >= 0.6 is 11.6 Å². The molecule has 3 aliphatic carbocycles. The van der Waals surface area contributed by atoms with Crippen LogP contribution in [0, 0.1) is 35.5 Å². The van der Waals surface area contributed by atoms with Crippen molar-refractivity contribution >= 4 is 23.5 Å². The molecule has 0 radical (unpaired) electrons. The number of carbonyl (C=O) groups excluding carboxylic acids is 2. The van der Waals surface area contributed by atoms with Crippen LogP contribution in [0.3, 0.4) is 0 Å². The predicted molar refractivity (Wildman–Crippen MR) is 269 cm³/mol. The molecule has 75 heavy (non-hydrogen) atoms. The van der Waals surface area contributed by atoms with Crippen LogP contribution in [0.4, 0.5) is 8.78 Å². The summed E-state index contributed by atoms with van der Waals surface area (Å²) < 4.78 is 106. The van der Waals surface area contributed by atoms with E-state index in [4.69, 9.17) is 63.7 Å². The van der Waals surface area contributed by atoms with Gasteiger partial charge in [-0.2, -0.15) is 8.78 Å². The molecule has 4 aromatic carbocycles. The Labute approximate surface area is 442 Å². The number of fused-ring (bicyclic) bond motifs is 3. The molecule has 0 spiro atoms. The van der Waals surface area contributed by atoms with Gasteiger partial charge in [-0.15, -0.1) is 0 Å². The summed E-state index contributed by atoms with van der Waals surface area (Å²) in [6.45, 7) is -0.375. The fourth-order valence-corrected chi connectivity index (χ4v) is 13.5. The first-order valence-electron chi connectivity index (χ1n) is 26.1. The monoisotopic (exact) mass is 1060 g/mol. The summed E-state index contributed by atoms with van der Waals surface area (Å²) in [6.07, 6.45) is -5.32. The minimum absolute atomic E-state index is 0.0457.